The fraction of sp³-hybridized carbons (Fsp3) is 0.835. The summed E-state index contributed by atoms with van der Waals surface area (Å²) in [6.45, 7) is 47.5. The van der Waals surface area contributed by atoms with Gasteiger partial charge in [0.15, 0.2) is 0 Å². The largest absolute Gasteiger partial charge is 1.00 e. The second kappa shape index (κ2) is 79.8. The number of rotatable bonds is 18. The smallest absolute Gasteiger partial charge is 0.512 e. The van der Waals surface area contributed by atoms with Gasteiger partial charge in [0, 0.05) is 176 Å². The van der Waals surface area contributed by atoms with E-state index in [0.29, 0.717) is 97.7 Å². The molecule has 8 fully saturated rings. The fourth-order valence-electron chi connectivity index (χ4n) is 14.5. The molecule has 7 heterocycles. The standard InChI is InChI=1S/C15H27F3N2O2.C14H25F3N2O3.C13H22N2O2.C13H23NO3.C11H18N2O2.C10H18F3NO.C9H12O.2C4H8O.C2H4F3N.CN.CH3.Al.BH2I.B.ClH.Na.Pd.2H/c1-5-14(10-19-11-15(16,17)18)6-8-20(9-7-14)12(21)22-13(2,3)4;1-12(2,3)22-11(21)19-6-4-13(10-20,5-7-19)8-18-9-14(15,16)17;1-5-13(10-14)6-8-15(9-7-13)11(16)17-12(2,3)4;1-5-13(10-15)6-8-14(9-7-13)11(16)17-12(2,3)4;1-11(2,3)15-10(14)13-6-4-9(8-12)5-7-13;11-10(12,13)7-14-6-9(8-15)4-2-1-3-5-9;1-2-10-8-9-6-4-3-5-7-9;2*1-2-4-5-3-1;3-2(4,5)1-6;1-2;;;1-2;;;;;;/h19H,5-11H2,1-4H3;18,20H,4-10H2,1-3H3;5-9H2,1-4H3;10H,5-9H2,1-4H3;9H,4-7H2,1-3H3;14-15H,1-8H2;3-7H,2,8H2,1H3;2*1-4H2;1,6H2;;1H3;;2H2;;1H;;;;/q;;;;;;;;;;2*-1;;;;;+1;;;/i;;;;;;;;;;;;;2D;;;;;;. The van der Waals surface area contributed by atoms with Gasteiger partial charge in [0.25, 0.3) is 0 Å². The molecule has 7 saturated heterocycles. The number of hydrogen-bond acceptors (Lipinski definition) is 23. The van der Waals surface area contributed by atoms with Gasteiger partial charge in [-0.25, -0.2) is 24.0 Å². The Balaban J connectivity index is -0.000000205. The molecule has 0 unspecified atom stereocenters. The van der Waals surface area contributed by atoms with E-state index in [1.54, 1.807) is 40.4 Å². The van der Waals surface area contributed by atoms with Crippen LogP contribution in [-0.4, -0.2) is 314 Å². The van der Waals surface area contributed by atoms with Crippen LogP contribution < -0.4 is 51.2 Å². The minimum Gasteiger partial charge on any atom is -0.512 e. The van der Waals surface area contributed by atoms with E-state index in [1.807, 2.05) is 129 Å². The van der Waals surface area contributed by atoms with Crippen molar-refractivity contribution in [3.63, 3.8) is 0 Å². The minimum absolute atomic E-state index is 0. The number of nitrogens with one attached hydrogen (secondary N) is 3. The average molecular weight is 2330 g/mol. The van der Waals surface area contributed by atoms with Gasteiger partial charge in [-0.05, 0) is 244 Å². The van der Waals surface area contributed by atoms with Gasteiger partial charge in [0.1, 0.15) is 51.7 Å². The maximum atomic E-state index is 12.2. The van der Waals surface area contributed by atoms with Crippen LogP contribution in [0.15, 0.2) is 30.3 Å². The summed E-state index contributed by atoms with van der Waals surface area (Å²) in [4.78, 5) is 78.5. The first-order valence-corrected chi connectivity index (χ1v) is 49.0. The van der Waals surface area contributed by atoms with Crippen LogP contribution in [0.5, 0.6) is 0 Å². The third-order valence-electron chi connectivity index (χ3n) is 22.9. The Morgan fingerprint density at radius 3 is 1.01 bits per heavy atom. The van der Waals surface area contributed by atoms with E-state index in [-0.39, 0.29) is 174 Å². The van der Waals surface area contributed by atoms with Crippen molar-refractivity contribution >= 4 is 103 Å². The van der Waals surface area contributed by atoms with Crippen molar-refractivity contribution in [3.05, 3.63) is 49.9 Å². The maximum Gasteiger partial charge on any atom is 1.00 e. The summed E-state index contributed by atoms with van der Waals surface area (Å²) in [5.41, 5.74) is 6.01. The molecule has 1 aromatic rings. The Bertz CT molecular complexity index is 3490. The Morgan fingerprint density at radius 1 is 0.500 bits per heavy atom. The quantitative estimate of drug-likeness (QED) is 0.0198. The van der Waals surface area contributed by atoms with Gasteiger partial charge in [-0.3, -0.25) is 0 Å². The Labute approximate surface area is 922 Å². The van der Waals surface area contributed by atoms with Crippen molar-refractivity contribution in [2.75, 3.05) is 158 Å². The number of carbonyl (C=O) groups excluding carboxylic acids is 6. The molecule has 7 aliphatic heterocycles. The SMILES string of the molecule is C1CCOC1.C1CCOC1.CC(C)(C)OC(=O)N1CCC(C#N)CC1.CC(C)(C)OC(=O)N1CCC(CO)(CNCC(F)(F)F)CC1.CCC1(C#N)CCN(C(=O)OC(C)(C)C)CC1.CCC1(C=O)CCN(C(=O)OC(C)(C)C)CC1.CCC1(CNCC(F)(F)F)CCN(C(=O)OC(C)(C)C)CC1.CCOCc1ccccc1.Cl.NCC(F)(F)F.OCC1(CNCC(F)(F)F)CCCCC1.[2H][IH][B].[AlH2].[B].[C-]#N.[CH3-].[Na+].[Pd]. The summed E-state index contributed by atoms with van der Waals surface area (Å²) in [6.07, 6.45) is 1.83. The Kier molecular flexibility index (Phi) is 85.9. The van der Waals surface area contributed by atoms with Crippen LogP contribution in [0.25, 0.3) is 0 Å². The predicted octanol–water partition coefficient (Wildman–Crippen LogP) is 16.5. The third kappa shape index (κ3) is 78.9. The first-order valence-electron chi connectivity index (χ1n) is 48.1. The first-order chi connectivity index (χ1) is 64.4. The maximum absolute atomic E-state index is 12.2. The normalized spacial score (nSPS) is 17.7. The number of halogens is 14. The number of hydrogen-bond donors (Lipinski definition) is 6. The van der Waals surface area contributed by atoms with Crippen LogP contribution in [0.4, 0.5) is 76.7 Å². The van der Waals surface area contributed by atoms with Gasteiger partial charge in [0.05, 0.1) is 56.9 Å². The number of benzene rings is 1. The van der Waals surface area contributed by atoms with E-state index < -0.39 is 113 Å². The number of aliphatic hydroxyl groups excluding tert-OH is 2. The summed E-state index contributed by atoms with van der Waals surface area (Å²) in [7, 11) is 0. The number of nitriles is 2. The van der Waals surface area contributed by atoms with Crippen molar-refractivity contribution in [1.29, 1.82) is 16.4 Å². The van der Waals surface area contributed by atoms with Gasteiger partial charge in [-0.1, -0.05) is 70.4 Å². The molecule has 6 radical (unpaired) electrons. The van der Waals surface area contributed by atoms with Gasteiger partial charge >= 0.3 is 113 Å². The van der Waals surface area contributed by atoms with Gasteiger partial charge in [-0.2, -0.15) is 63.2 Å². The number of piperidine rings is 5. The summed E-state index contributed by atoms with van der Waals surface area (Å²) in [6, 6.07) is 14.8. The number of aldehydes is 1. The van der Waals surface area contributed by atoms with Crippen molar-refractivity contribution in [2.24, 2.45) is 38.7 Å². The summed E-state index contributed by atoms with van der Waals surface area (Å²) >= 11 is -0.780. The number of nitrogens with zero attached hydrogens (tertiary/aromatic N) is 8. The molecule has 836 valence electrons. The molecule has 144 heavy (non-hydrogen) atoms. The zero-order valence-corrected chi connectivity index (χ0v) is 98.6. The topological polar surface area (TPSA) is 366 Å². The molecule has 1 aliphatic carbocycles. The van der Waals surface area contributed by atoms with E-state index in [0.717, 1.165) is 136 Å². The Hall–Kier alpha value is -4.15. The molecule has 9 rings (SSSR count). The average Bonchev–Trinajstić information content (AvgIpc) is 1.17. The number of likely N-dealkylation sites (tertiary alicyclic amines) is 5. The number of ether oxygens (including phenoxy) is 8. The molecule has 28 nitrogen and oxygen atoms in total. The van der Waals surface area contributed by atoms with E-state index in [1.165, 1.54) is 36.1 Å². The fourth-order valence-corrected chi connectivity index (χ4v) is 14.5. The van der Waals surface area contributed by atoms with Gasteiger partial charge < -0.3 is 118 Å². The molecule has 0 bridgehead atoms. The number of aliphatic hydroxyl groups is 2. The molecule has 8 aliphatic rings. The monoisotopic (exact) mass is 2330 g/mol. The van der Waals surface area contributed by atoms with Crippen molar-refractivity contribution in [3.8, 4) is 12.1 Å². The predicted molar refractivity (Wildman–Crippen MR) is 546 cm³/mol. The van der Waals surface area contributed by atoms with Crippen LogP contribution in [0.3, 0.4) is 0 Å². The molecular formula is C97H173AlB2ClF12IN12NaO16Pd-. The summed E-state index contributed by atoms with van der Waals surface area (Å²) in [5, 5.41) is 50.2. The molecule has 0 spiro atoms. The third-order valence-corrected chi connectivity index (χ3v) is 22.9. The molecule has 47 heteroatoms. The zero-order chi connectivity index (χ0) is 107. The van der Waals surface area contributed by atoms with Crippen LogP contribution >= 0.6 is 34.6 Å². The Morgan fingerprint density at radius 2 is 0.778 bits per heavy atom. The van der Waals surface area contributed by atoms with E-state index in [2.05, 4.69) is 51.7 Å². The molecule has 5 amide bonds. The second-order valence-corrected chi connectivity index (χ2v) is 40.3. The van der Waals surface area contributed by atoms with E-state index in [9.17, 15) is 91.7 Å². The minimum atomic E-state index is -4.27. The van der Waals surface area contributed by atoms with Crippen LogP contribution in [0, 0.1) is 74.9 Å². The van der Waals surface area contributed by atoms with E-state index in [4.69, 9.17) is 60.8 Å². The first kappa shape index (κ1) is 155. The molecule has 1 saturated carbocycles. The number of carbonyl (C=O) groups is 6. The molecule has 7 N–H and O–H groups in total. The number of alkyl halides is 12. The van der Waals surface area contributed by atoms with Crippen molar-refractivity contribution in [2.45, 2.75) is 332 Å². The van der Waals surface area contributed by atoms with Crippen LogP contribution in [-0.2, 0) is 69.7 Å². The summed E-state index contributed by atoms with van der Waals surface area (Å²) in [5.74, 6) is 0.101. The van der Waals surface area contributed by atoms with Crippen molar-refractivity contribution < 1.29 is 180 Å². The molecular weight excluding hydrogens is 2160 g/mol. The number of amides is 5. The van der Waals surface area contributed by atoms with Crippen LogP contribution in [0.2, 0.25) is 0 Å². The van der Waals surface area contributed by atoms with E-state index >= 15 is 0 Å². The van der Waals surface area contributed by atoms with Gasteiger partial charge in [-0.15, -0.1) is 12.4 Å². The summed E-state index contributed by atoms with van der Waals surface area (Å²) < 4.78 is 189. The number of nitrogens with two attached hydrogens (primary N) is 1. The second-order valence-electron chi connectivity index (χ2n) is 40.3. The molecule has 0 aromatic heterocycles. The zero-order valence-electron chi connectivity index (χ0n) is 90.9. The molecule has 1 aromatic carbocycles. The molecule has 0 atom stereocenters. The van der Waals surface area contributed by atoms with Crippen molar-refractivity contribution in [1.82, 2.24) is 40.4 Å². The van der Waals surface area contributed by atoms with Gasteiger partial charge in [0.2, 0.25) is 0 Å². The van der Waals surface area contributed by atoms with Crippen LogP contribution in [0.1, 0.15) is 278 Å².